The first-order chi connectivity index (χ1) is 9.18. The molecule has 1 aliphatic rings. The summed E-state index contributed by atoms with van der Waals surface area (Å²) in [7, 11) is 1.89. The number of para-hydroxylation sites is 1. The van der Waals surface area contributed by atoms with Crippen LogP contribution >= 0.6 is 0 Å². The van der Waals surface area contributed by atoms with E-state index in [0.29, 0.717) is 17.1 Å². The quantitative estimate of drug-likeness (QED) is 0.757. The molecule has 1 atom stereocenters. The van der Waals surface area contributed by atoms with Crippen molar-refractivity contribution in [1.82, 2.24) is 10.3 Å². The molecular weight excluding hydrogens is 240 g/mol. The van der Waals surface area contributed by atoms with Crippen molar-refractivity contribution in [2.24, 2.45) is 0 Å². The monoisotopic (exact) mass is 254 g/mol. The predicted octanol–water partition coefficient (Wildman–Crippen LogP) is 1.54. The van der Waals surface area contributed by atoms with Gasteiger partial charge in [0.05, 0.1) is 5.56 Å². The summed E-state index contributed by atoms with van der Waals surface area (Å²) < 4.78 is 0. The van der Waals surface area contributed by atoms with Gasteiger partial charge in [-0.15, -0.1) is 0 Å². The van der Waals surface area contributed by atoms with Crippen molar-refractivity contribution < 1.29 is 4.79 Å². The summed E-state index contributed by atoms with van der Waals surface area (Å²) >= 11 is 0. The fraction of sp³-hybridized carbons (Fsp3) is 0.143. The minimum atomic E-state index is -0.295. The van der Waals surface area contributed by atoms with Gasteiger partial charge in [0.2, 0.25) is 0 Å². The lowest BCUT2D eigenvalue weighted by Crippen LogP contribution is -2.45. The molecule has 0 aliphatic carbocycles. The molecule has 0 fully saturated rings. The summed E-state index contributed by atoms with van der Waals surface area (Å²) in [6, 6.07) is 11.0. The van der Waals surface area contributed by atoms with E-state index in [1.807, 2.05) is 36.2 Å². The molecule has 1 aliphatic heterocycles. The van der Waals surface area contributed by atoms with Gasteiger partial charge in [0.1, 0.15) is 12.0 Å². The van der Waals surface area contributed by atoms with E-state index in [2.05, 4.69) is 10.3 Å². The minimum Gasteiger partial charge on any atom is -0.398 e. The molecule has 2 heterocycles. The molecule has 3 N–H and O–H groups in total. The number of nitrogens with two attached hydrogens (primary N) is 1. The molecule has 1 unspecified atom stereocenters. The van der Waals surface area contributed by atoms with Gasteiger partial charge < -0.3 is 16.0 Å². The number of pyridine rings is 1. The maximum Gasteiger partial charge on any atom is 0.256 e. The van der Waals surface area contributed by atoms with E-state index in [0.717, 1.165) is 5.56 Å². The molecule has 3 rings (SSSR count). The van der Waals surface area contributed by atoms with Crippen LogP contribution in [0.1, 0.15) is 22.1 Å². The average Bonchev–Trinajstić information content (AvgIpc) is 2.44. The zero-order chi connectivity index (χ0) is 13.4. The molecule has 1 aromatic carbocycles. The number of carbonyl (C=O) groups excluding carboxylic acids is 1. The lowest BCUT2D eigenvalue weighted by molar-refractivity contribution is 0.0927. The van der Waals surface area contributed by atoms with E-state index in [-0.39, 0.29) is 12.1 Å². The second-order valence-corrected chi connectivity index (χ2v) is 4.49. The van der Waals surface area contributed by atoms with Crippen molar-refractivity contribution in [3.8, 4) is 0 Å². The lowest BCUT2D eigenvalue weighted by Gasteiger charge is -2.35. The Kier molecular flexibility index (Phi) is 2.59. The normalized spacial score (nSPS) is 17.8. The fourth-order valence-electron chi connectivity index (χ4n) is 2.32. The van der Waals surface area contributed by atoms with Gasteiger partial charge in [0, 0.05) is 24.5 Å². The van der Waals surface area contributed by atoms with Crippen LogP contribution in [0.2, 0.25) is 0 Å². The maximum absolute atomic E-state index is 12.1. The summed E-state index contributed by atoms with van der Waals surface area (Å²) in [6.45, 7) is 0. The van der Waals surface area contributed by atoms with Gasteiger partial charge in [-0.05, 0) is 18.2 Å². The van der Waals surface area contributed by atoms with Crippen LogP contribution in [-0.4, -0.2) is 17.9 Å². The van der Waals surface area contributed by atoms with Crippen LogP contribution in [-0.2, 0) is 0 Å². The number of anilines is 2. The van der Waals surface area contributed by atoms with Crippen molar-refractivity contribution in [1.29, 1.82) is 0 Å². The van der Waals surface area contributed by atoms with Crippen molar-refractivity contribution in [2.45, 2.75) is 6.17 Å². The first kappa shape index (κ1) is 11.5. The number of nitrogens with one attached hydrogen (secondary N) is 1. The third-order valence-electron chi connectivity index (χ3n) is 3.31. The van der Waals surface area contributed by atoms with E-state index in [4.69, 9.17) is 5.73 Å². The Labute approximate surface area is 111 Å². The number of carbonyl (C=O) groups is 1. The summed E-state index contributed by atoms with van der Waals surface area (Å²) in [5, 5.41) is 2.95. The minimum absolute atomic E-state index is 0.130. The van der Waals surface area contributed by atoms with Crippen LogP contribution in [0.25, 0.3) is 0 Å². The number of nitrogen functional groups attached to an aromatic ring is 1. The second-order valence-electron chi connectivity index (χ2n) is 4.49. The van der Waals surface area contributed by atoms with Crippen LogP contribution in [0.5, 0.6) is 0 Å². The number of rotatable bonds is 1. The number of benzene rings is 1. The molecule has 5 heteroatoms. The van der Waals surface area contributed by atoms with Gasteiger partial charge in [-0.2, -0.15) is 0 Å². The number of amides is 1. The van der Waals surface area contributed by atoms with Crippen molar-refractivity contribution in [3.05, 3.63) is 53.7 Å². The van der Waals surface area contributed by atoms with E-state index >= 15 is 0 Å². The Morgan fingerprint density at radius 3 is 2.84 bits per heavy atom. The van der Waals surface area contributed by atoms with E-state index in [9.17, 15) is 4.79 Å². The molecule has 1 aromatic heterocycles. The fourth-order valence-corrected chi connectivity index (χ4v) is 2.32. The van der Waals surface area contributed by atoms with Gasteiger partial charge in [0.15, 0.2) is 0 Å². The Hall–Kier alpha value is -2.56. The summed E-state index contributed by atoms with van der Waals surface area (Å²) in [5.41, 5.74) is 8.08. The van der Waals surface area contributed by atoms with E-state index in [1.165, 1.54) is 0 Å². The van der Waals surface area contributed by atoms with E-state index in [1.54, 1.807) is 18.3 Å². The highest BCUT2D eigenvalue weighted by Gasteiger charge is 2.30. The topological polar surface area (TPSA) is 71.2 Å². The molecule has 96 valence electrons. The Balaban J connectivity index is 2.08. The molecule has 5 nitrogen and oxygen atoms in total. The number of nitrogens with zero attached hydrogens (tertiary/aromatic N) is 2. The highest BCUT2D eigenvalue weighted by Crippen LogP contribution is 2.31. The maximum atomic E-state index is 12.1. The number of hydrogen-bond acceptors (Lipinski definition) is 4. The summed E-state index contributed by atoms with van der Waals surface area (Å²) in [4.78, 5) is 18.3. The van der Waals surface area contributed by atoms with Gasteiger partial charge in [-0.3, -0.25) is 4.79 Å². The zero-order valence-corrected chi connectivity index (χ0v) is 10.5. The van der Waals surface area contributed by atoms with Crippen molar-refractivity contribution in [2.75, 3.05) is 17.7 Å². The smallest absolute Gasteiger partial charge is 0.256 e. The van der Waals surface area contributed by atoms with Gasteiger partial charge in [-0.25, -0.2) is 4.98 Å². The van der Waals surface area contributed by atoms with Crippen LogP contribution in [0.15, 0.2) is 42.6 Å². The van der Waals surface area contributed by atoms with E-state index < -0.39 is 0 Å². The van der Waals surface area contributed by atoms with Crippen molar-refractivity contribution >= 4 is 17.4 Å². The summed E-state index contributed by atoms with van der Waals surface area (Å²) in [6.07, 6.45) is 1.38. The van der Waals surface area contributed by atoms with Crippen LogP contribution < -0.4 is 16.0 Å². The van der Waals surface area contributed by atoms with Crippen LogP contribution in [0.3, 0.4) is 0 Å². The van der Waals surface area contributed by atoms with Gasteiger partial charge in [-0.1, -0.05) is 18.2 Å². The standard InChI is InChI=1S/C14H14N4O/c1-18-12-10(6-4-8-16-12)14(19)17-13(18)9-5-2-3-7-11(9)15/h2-8,13H,15H2,1H3,(H,17,19). The molecule has 2 aromatic rings. The Bertz CT molecular complexity index is 641. The third-order valence-corrected chi connectivity index (χ3v) is 3.31. The highest BCUT2D eigenvalue weighted by atomic mass is 16.2. The molecule has 0 bridgehead atoms. The first-order valence-electron chi connectivity index (χ1n) is 6.01. The SMILES string of the molecule is CN1c2ncccc2C(=O)NC1c1ccccc1N. The van der Waals surface area contributed by atoms with Crippen molar-refractivity contribution in [3.63, 3.8) is 0 Å². The molecule has 19 heavy (non-hydrogen) atoms. The molecule has 0 saturated carbocycles. The number of aromatic nitrogens is 1. The average molecular weight is 254 g/mol. The molecular formula is C14H14N4O. The third kappa shape index (κ3) is 1.79. The predicted molar refractivity (Wildman–Crippen MR) is 73.7 cm³/mol. The molecule has 1 amide bonds. The number of fused-ring (bicyclic) bond motifs is 1. The largest absolute Gasteiger partial charge is 0.398 e. The Morgan fingerprint density at radius 2 is 2.05 bits per heavy atom. The molecule has 0 saturated heterocycles. The Morgan fingerprint density at radius 1 is 1.26 bits per heavy atom. The van der Waals surface area contributed by atoms with Gasteiger partial charge in [0.25, 0.3) is 5.91 Å². The first-order valence-corrected chi connectivity index (χ1v) is 6.01. The van der Waals surface area contributed by atoms with Crippen LogP contribution in [0.4, 0.5) is 11.5 Å². The molecule has 0 radical (unpaired) electrons. The second kappa shape index (κ2) is 4.28. The number of hydrogen-bond donors (Lipinski definition) is 2. The summed E-state index contributed by atoms with van der Waals surface area (Å²) in [5.74, 6) is 0.536. The zero-order valence-electron chi connectivity index (χ0n) is 10.5. The molecule has 0 spiro atoms. The lowest BCUT2D eigenvalue weighted by atomic mass is 10.1. The highest BCUT2D eigenvalue weighted by molar-refractivity contribution is 6.01. The van der Waals surface area contributed by atoms with Crippen LogP contribution in [0, 0.1) is 0 Å². The van der Waals surface area contributed by atoms with Gasteiger partial charge >= 0.3 is 0 Å².